The molecule has 1 fully saturated rings. The molecular formula is C15H20N2O2S. The predicted molar refractivity (Wildman–Crippen MR) is 82.0 cm³/mol. The highest BCUT2D eigenvalue weighted by atomic mass is 32.2. The molecule has 2 unspecified atom stereocenters. The van der Waals surface area contributed by atoms with Gasteiger partial charge in [-0.25, -0.2) is 0 Å². The van der Waals surface area contributed by atoms with Crippen LogP contribution in [0.4, 0.5) is 0 Å². The first-order valence-corrected chi connectivity index (χ1v) is 7.22. The highest BCUT2D eigenvalue weighted by Gasteiger charge is 2.40. The zero-order valence-electron chi connectivity index (χ0n) is 11.8. The maximum Gasteiger partial charge on any atom is 0.233 e. The number of amides is 2. The molecule has 0 spiro atoms. The third-order valence-electron chi connectivity index (χ3n) is 2.84. The monoisotopic (exact) mass is 292 g/mol. The van der Waals surface area contributed by atoms with Crippen molar-refractivity contribution in [3.63, 3.8) is 0 Å². The fourth-order valence-electron chi connectivity index (χ4n) is 1.45. The summed E-state index contributed by atoms with van der Waals surface area (Å²) in [5, 5.41) is 2.39. The summed E-state index contributed by atoms with van der Waals surface area (Å²) in [5.74, 6) is 0.666. The maximum atomic E-state index is 11.6. The zero-order chi connectivity index (χ0) is 15.0. The van der Waals surface area contributed by atoms with Gasteiger partial charge in [0.25, 0.3) is 0 Å². The van der Waals surface area contributed by atoms with E-state index in [0.717, 1.165) is 11.3 Å². The molecule has 5 heteroatoms. The first kappa shape index (κ1) is 16.3. The summed E-state index contributed by atoms with van der Waals surface area (Å²) in [4.78, 5) is 22.3. The second kappa shape index (κ2) is 8.43. The van der Waals surface area contributed by atoms with Crippen molar-refractivity contribution < 1.29 is 9.59 Å². The van der Waals surface area contributed by atoms with E-state index in [4.69, 9.17) is 0 Å². The van der Waals surface area contributed by atoms with Crippen molar-refractivity contribution in [3.8, 4) is 0 Å². The van der Waals surface area contributed by atoms with Crippen LogP contribution in [0, 0.1) is 11.8 Å². The molecule has 1 saturated carbocycles. The van der Waals surface area contributed by atoms with E-state index in [1.165, 1.54) is 18.9 Å². The van der Waals surface area contributed by atoms with Gasteiger partial charge in [0.2, 0.25) is 11.8 Å². The van der Waals surface area contributed by atoms with Crippen molar-refractivity contribution in [3.05, 3.63) is 43.0 Å². The van der Waals surface area contributed by atoms with Gasteiger partial charge in [0.1, 0.15) is 0 Å². The van der Waals surface area contributed by atoms with Crippen LogP contribution in [0.3, 0.4) is 0 Å². The van der Waals surface area contributed by atoms with Crippen molar-refractivity contribution in [2.24, 2.45) is 11.8 Å². The number of rotatable bonds is 4. The fraction of sp³-hybridized carbons (Fsp3) is 0.333. The minimum Gasteiger partial charge on any atom is -0.359 e. The standard InChI is InChI=1S/C12H13NOS.C3H7NO/c1-2-9-8-11(9)12(14)13-15-10-6-4-3-5-7-10;1-3(5)4-2/h2-7,9,11H,1,8H2,(H,13,14);1-2H3,(H,4,5). The van der Waals surface area contributed by atoms with Crippen molar-refractivity contribution in [1.82, 2.24) is 10.0 Å². The molecule has 0 aliphatic heterocycles. The van der Waals surface area contributed by atoms with Gasteiger partial charge in [0, 0.05) is 24.8 Å². The van der Waals surface area contributed by atoms with Gasteiger partial charge < -0.3 is 5.32 Å². The van der Waals surface area contributed by atoms with Crippen LogP contribution in [0.25, 0.3) is 0 Å². The first-order chi connectivity index (χ1) is 9.58. The van der Waals surface area contributed by atoms with Crippen LogP contribution < -0.4 is 10.0 Å². The molecule has 1 aliphatic rings. The second-order valence-electron chi connectivity index (χ2n) is 4.43. The number of hydrogen-bond acceptors (Lipinski definition) is 3. The molecule has 2 amide bonds. The molecule has 1 aliphatic carbocycles. The lowest BCUT2D eigenvalue weighted by Gasteiger charge is -2.02. The first-order valence-electron chi connectivity index (χ1n) is 6.41. The van der Waals surface area contributed by atoms with Crippen LogP contribution in [0.1, 0.15) is 13.3 Å². The lowest BCUT2D eigenvalue weighted by Crippen LogP contribution is -2.18. The summed E-state index contributed by atoms with van der Waals surface area (Å²) in [6.45, 7) is 5.16. The van der Waals surface area contributed by atoms with Gasteiger partial charge in [-0.3, -0.25) is 14.3 Å². The number of carbonyl (C=O) groups excluding carboxylic acids is 2. The summed E-state index contributed by atoms with van der Waals surface area (Å²) in [6.07, 6.45) is 2.81. The maximum absolute atomic E-state index is 11.6. The smallest absolute Gasteiger partial charge is 0.233 e. The fourth-order valence-corrected chi connectivity index (χ4v) is 2.11. The topological polar surface area (TPSA) is 58.2 Å². The van der Waals surface area contributed by atoms with Gasteiger partial charge in [-0.1, -0.05) is 24.3 Å². The van der Waals surface area contributed by atoms with Crippen molar-refractivity contribution >= 4 is 23.8 Å². The van der Waals surface area contributed by atoms with Gasteiger partial charge in [-0.15, -0.1) is 6.58 Å². The molecule has 0 heterocycles. The van der Waals surface area contributed by atoms with E-state index in [1.54, 1.807) is 7.05 Å². The van der Waals surface area contributed by atoms with Gasteiger partial charge in [0.05, 0.1) is 0 Å². The second-order valence-corrected chi connectivity index (χ2v) is 5.31. The molecule has 0 saturated heterocycles. The third-order valence-corrected chi connectivity index (χ3v) is 3.66. The van der Waals surface area contributed by atoms with Crippen molar-refractivity contribution in [2.45, 2.75) is 18.2 Å². The number of benzene rings is 1. The Labute approximate surface area is 124 Å². The summed E-state index contributed by atoms with van der Waals surface area (Å²) >= 11 is 1.38. The van der Waals surface area contributed by atoms with E-state index < -0.39 is 0 Å². The van der Waals surface area contributed by atoms with E-state index in [1.807, 2.05) is 36.4 Å². The largest absolute Gasteiger partial charge is 0.359 e. The van der Waals surface area contributed by atoms with Crippen LogP contribution >= 0.6 is 11.9 Å². The molecule has 1 aromatic rings. The zero-order valence-corrected chi connectivity index (χ0v) is 12.6. The quantitative estimate of drug-likeness (QED) is 0.662. The minimum absolute atomic E-state index is 0.00463. The van der Waals surface area contributed by atoms with Crippen LogP contribution in [0.15, 0.2) is 47.9 Å². The normalized spacial score (nSPS) is 19.1. The summed E-state index contributed by atoms with van der Waals surface area (Å²) in [7, 11) is 1.60. The highest BCUT2D eigenvalue weighted by Crippen LogP contribution is 2.39. The molecule has 2 rings (SSSR count). The molecule has 2 atom stereocenters. The van der Waals surface area contributed by atoms with Crippen LogP contribution in [0.2, 0.25) is 0 Å². The van der Waals surface area contributed by atoms with Gasteiger partial charge >= 0.3 is 0 Å². The SMILES string of the molecule is C=CC1CC1C(=O)NSc1ccccc1.CNC(C)=O. The van der Waals surface area contributed by atoms with E-state index in [9.17, 15) is 9.59 Å². The lowest BCUT2D eigenvalue weighted by molar-refractivity contribution is -0.120. The van der Waals surface area contributed by atoms with Gasteiger partial charge in [0.15, 0.2) is 0 Å². The van der Waals surface area contributed by atoms with E-state index in [0.29, 0.717) is 5.92 Å². The molecule has 0 aromatic heterocycles. The Kier molecular flexibility index (Phi) is 6.87. The number of allylic oxidation sites excluding steroid dienone is 1. The summed E-state index contributed by atoms with van der Waals surface area (Å²) < 4.78 is 2.86. The minimum atomic E-state index is 0.00463. The van der Waals surface area contributed by atoms with Gasteiger partial charge in [-0.05, 0) is 36.4 Å². The molecule has 4 nitrogen and oxygen atoms in total. The molecular weight excluding hydrogens is 272 g/mol. The molecule has 1 aromatic carbocycles. The Balaban J connectivity index is 0.000000347. The van der Waals surface area contributed by atoms with Gasteiger partial charge in [-0.2, -0.15) is 0 Å². The van der Waals surface area contributed by atoms with E-state index in [2.05, 4.69) is 16.6 Å². The predicted octanol–water partition coefficient (Wildman–Crippen LogP) is 2.38. The average molecular weight is 292 g/mol. The number of nitrogens with one attached hydrogen (secondary N) is 2. The Bertz CT molecular complexity index is 462. The van der Waals surface area contributed by atoms with E-state index >= 15 is 0 Å². The Hall–Kier alpha value is -1.75. The van der Waals surface area contributed by atoms with Crippen LogP contribution in [-0.2, 0) is 9.59 Å². The number of hydrogen-bond donors (Lipinski definition) is 2. The number of carbonyl (C=O) groups is 2. The van der Waals surface area contributed by atoms with E-state index in [-0.39, 0.29) is 17.7 Å². The third kappa shape index (κ3) is 5.93. The molecule has 108 valence electrons. The molecule has 0 radical (unpaired) electrons. The van der Waals surface area contributed by atoms with Crippen molar-refractivity contribution in [2.75, 3.05) is 7.05 Å². The highest BCUT2D eigenvalue weighted by molar-refractivity contribution is 7.98. The Morgan fingerprint density at radius 3 is 2.40 bits per heavy atom. The lowest BCUT2D eigenvalue weighted by atomic mass is 10.3. The summed E-state index contributed by atoms with van der Waals surface area (Å²) in [6, 6.07) is 9.82. The molecule has 2 N–H and O–H groups in total. The summed E-state index contributed by atoms with van der Waals surface area (Å²) in [5.41, 5.74) is 0. The van der Waals surface area contributed by atoms with Crippen LogP contribution in [0.5, 0.6) is 0 Å². The Morgan fingerprint density at radius 1 is 1.35 bits per heavy atom. The molecule has 0 bridgehead atoms. The van der Waals surface area contributed by atoms with Crippen LogP contribution in [-0.4, -0.2) is 18.9 Å². The average Bonchev–Trinajstić information content (AvgIpc) is 3.26. The van der Waals surface area contributed by atoms with Crippen molar-refractivity contribution in [1.29, 1.82) is 0 Å². The Morgan fingerprint density at radius 2 is 1.95 bits per heavy atom. The molecule has 20 heavy (non-hydrogen) atoms.